The predicted molar refractivity (Wildman–Crippen MR) is 95.7 cm³/mol. The summed E-state index contributed by atoms with van der Waals surface area (Å²) in [7, 11) is 0. The number of nitrogens with two attached hydrogens (primary N) is 1. The van der Waals surface area contributed by atoms with Crippen molar-refractivity contribution in [2.45, 2.75) is 20.0 Å². The summed E-state index contributed by atoms with van der Waals surface area (Å²) in [4.78, 5) is 49.2. The smallest absolute Gasteiger partial charge is 0.344 e. The van der Waals surface area contributed by atoms with Gasteiger partial charge in [0.1, 0.15) is 0 Å². The van der Waals surface area contributed by atoms with Crippen LogP contribution < -0.4 is 5.73 Å². The first kappa shape index (κ1) is 18.3. The summed E-state index contributed by atoms with van der Waals surface area (Å²) < 4.78 is 9.79. The molecule has 0 saturated carbocycles. The van der Waals surface area contributed by atoms with Crippen molar-refractivity contribution in [3.63, 3.8) is 0 Å². The molecule has 7 nitrogen and oxygen atoms in total. The third-order valence-corrected chi connectivity index (χ3v) is 4.04. The number of benzene rings is 2. The molecular formula is C20H17NO6. The van der Waals surface area contributed by atoms with Crippen molar-refractivity contribution >= 4 is 29.2 Å². The second-order valence-electron chi connectivity index (χ2n) is 6.27. The van der Waals surface area contributed by atoms with Crippen LogP contribution in [-0.2, 0) is 14.3 Å². The third-order valence-electron chi connectivity index (χ3n) is 4.04. The van der Waals surface area contributed by atoms with Gasteiger partial charge in [-0.3, -0.25) is 9.59 Å². The molecule has 3 rings (SSSR count). The predicted octanol–water partition coefficient (Wildman–Crippen LogP) is 2.15. The molecule has 0 fully saturated rings. The number of carbonyl (C=O) groups excluding carboxylic acids is 4. The van der Waals surface area contributed by atoms with Crippen LogP contribution in [-0.4, -0.2) is 36.2 Å². The van der Waals surface area contributed by atoms with E-state index in [1.54, 1.807) is 32.0 Å². The topological polar surface area (TPSA) is 113 Å². The zero-order valence-corrected chi connectivity index (χ0v) is 14.8. The molecule has 0 spiro atoms. The van der Waals surface area contributed by atoms with Gasteiger partial charge in [0.15, 0.2) is 18.2 Å². The van der Waals surface area contributed by atoms with E-state index in [1.807, 2.05) is 0 Å². The van der Waals surface area contributed by atoms with Gasteiger partial charge in [-0.05, 0) is 26.0 Å². The molecule has 0 radical (unpaired) electrons. The lowest BCUT2D eigenvalue weighted by atomic mass is 9.82. The van der Waals surface area contributed by atoms with Crippen molar-refractivity contribution in [1.29, 1.82) is 0 Å². The van der Waals surface area contributed by atoms with Gasteiger partial charge in [0.2, 0.25) is 0 Å². The first-order valence-electron chi connectivity index (χ1n) is 8.28. The number of carbonyl (C=O) groups is 4. The van der Waals surface area contributed by atoms with E-state index < -0.39 is 24.3 Å². The lowest BCUT2D eigenvalue weighted by Crippen LogP contribution is -2.24. The second kappa shape index (κ2) is 7.03. The van der Waals surface area contributed by atoms with Gasteiger partial charge in [-0.15, -0.1) is 0 Å². The van der Waals surface area contributed by atoms with Crippen molar-refractivity contribution in [1.82, 2.24) is 0 Å². The van der Waals surface area contributed by atoms with Gasteiger partial charge in [-0.1, -0.05) is 24.3 Å². The molecule has 0 bridgehead atoms. The highest BCUT2D eigenvalue weighted by molar-refractivity contribution is 6.30. The number of ketones is 2. The Kier molecular flexibility index (Phi) is 4.77. The molecule has 138 valence electrons. The van der Waals surface area contributed by atoms with Crippen LogP contribution in [0.25, 0.3) is 0 Å². The molecule has 7 heteroatoms. The maximum atomic E-state index is 12.8. The quantitative estimate of drug-likeness (QED) is 0.555. The van der Waals surface area contributed by atoms with Crippen molar-refractivity contribution < 1.29 is 28.7 Å². The Balaban J connectivity index is 1.91. The molecule has 2 N–H and O–H groups in total. The lowest BCUT2D eigenvalue weighted by Gasteiger charge is -2.20. The minimum atomic E-state index is -0.880. The Labute approximate surface area is 155 Å². The summed E-state index contributed by atoms with van der Waals surface area (Å²) in [6.07, 6.45) is -0.339. The van der Waals surface area contributed by atoms with E-state index in [0.717, 1.165) is 0 Å². The molecule has 0 heterocycles. The van der Waals surface area contributed by atoms with Gasteiger partial charge < -0.3 is 15.2 Å². The number of hydrogen-bond acceptors (Lipinski definition) is 7. The van der Waals surface area contributed by atoms with Crippen LogP contribution in [0.4, 0.5) is 5.69 Å². The Morgan fingerprint density at radius 2 is 1.59 bits per heavy atom. The van der Waals surface area contributed by atoms with Crippen molar-refractivity contribution in [2.24, 2.45) is 0 Å². The molecule has 0 amide bonds. The van der Waals surface area contributed by atoms with Crippen LogP contribution in [0.1, 0.15) is 56.0 Å². The highest BCUT2D eigenvalue weighted by atomic mass is 16.6. The number of ether oxygens (including phenoxy) is 2. The molecule has 0 atom stereocenters. The number of rotatable bonds is 4. The average molecular weight is 367 g/mol. The first-order chi connectivity index (χ1) is 12.8. The number of hydrogen-bond donors (Lipinski definition) is 1. The Bertz CT molecular complexity index is 976. The average Bonchev–Trinajstić information content (AvgIpc) is 2.63. The minimum absolute atomic E-state index is 0.0297. The van der Waals surface area contributed by atoms with Crippen LogP contribution in [0.15, 0.2) is 36.4 Å². The molecule has 27 heavy (non-hydrogen) atoms. The highest BCUT2D eigenvalue weighted by Crippen LogP contribution is 2.32. The molecule has 0 aliphatic heterocycles. The normalized spacial score (nSPS) is 12.4. The van der Waals surface area contributed by atoms with Gasteiger partial charge in [-0.2, -0.15) is 0 Å². The Hall–Kier alpha value is -3.48. The number of esters is 2. The Morgan fingerprint density at radius 3 is 2.22 bits per heavy atom. The van der Waals surface area contributed by atoms with Crippen LogP contribution in [0, 0.1) is 0 Å². The number of nitrogen functional groups attached to an aromatic ring is 1. The molecule has 1 aliphatic carbocycles. The standard InChI is InChI=1S/C20H17NO6/c1-10(2)27-15(22)9-26-20(25)14-8-7-13-16(17(14)21)19(24)12-6-4-3-5-11(12)18(13)23/h3-8,10H,9,21H2,1-2H3. The van der Waals surface area contributed by atoms with Crippen LogP contribution in [0.2, 0.25) is 0 Å². The zero-order valence-electron chi connectivity index (χ0n) is 14.8. The fraction of sp³-hybridized carbons (Fsp3) is 0.200. The number of fused-ring (bicyclic) bond motifs is 2. The first-order valence-corrected chi connectivity index (χ1v) is 8.28. The molecular weight excluding hydrogens is 350 g/mol. The molecule has 1 aliphatic rings. The van der Waals surface area contributed by atoms with E-state index in [9.17, 15) is 19.2 Å². The minimum Gasteiger partial charge on any atom is -0.460 e. The van der Waals surface area contributed by atoms with Crippen LogP contribution in [0.3, 0.4) is 0 Å². The molecule has 0 aromatic heterocycles. The van der Waals surface area contributed by atoms with Crippen LogP contribution >= 0.6 is 0 Å². The van der Waals surface area contributed by atoms with Gasteiger partial charge in [0.25, 0.3) is 0 Å². The Morgan fingerprint density at radius 1 is 0.963 bits per heavy atom. The van der Waals surface area contributed by atoms with E-state index in [1.165, 1.54) is 18.2 Å². The molecule has 2 aromatic rings. The third kappa shape index (κ3) is 3.31. The van der Waals surface area contributed by atoms with Gasteiger partial charge in [0.05, 0.1) is 22.9 Å². The lowest BCUT2D eigenvalue weighted by molar-refractivity contribution is -0.150. The summed E-state index contributed by atoms with van der Waals surface area (Å²) in [6, 6.07) is 9.08. The maximum absolute atomic E-state index is 12.8. The van der Waals surface area contributed by atoms with Crippen molar-refractivity contribution in [3.05, 3.63) is 64.2 Å². The SMILES string of the molecule is CC(C)OC(=O)COC(=O)c1ccc2c(c1N)C(=O)c1ccccc1C2=O. The van der Waals surface area contributed by atoms with E-state index in [-0.39, 0.29) is 39.8 Å². The molecule has 0 unspecified atom stereocenters. The summed E-state index contributed by atoms with van der Waals surface area (Å²) in [5.41, 5.74) is 6.39. The van der Waals surface area contributed by atoms with E-state index in [4.69, 9.17) is 15.2 Å². The van der Waals surface area contributed by atoms with Crippen molar-refractivity contribution in [2.75, 3.05) is 12.3 Å². The highest BCUT2D eigenvalue weighted by Gasteiger charge is 2.33. The largest absolute Gasteiger partial charge is 0.460 e. The van der Waals surface area contributed by atoms with E-state index >= 15 is 0 Å². The summed E-state index contributed by atoms with van der Waals surface area (Å²) in [5, 5.41) is 0. The maximum Gasteiger partial charge on any atom is 0.344 e. The van der Waals surface area contributed by atoms with Gasteiger partial charge in [-0.25, -0.2) is 9.59 Å². The molecule has 2 aromatic carbocycles. The van der Waals surface area contributed by atoms with E-state index in [2.05, 4.69) is 0 Å². The van der Waals surface area contributed by atoms with Gasteiger partial charge in [0, 0.05) is 16.7 Å². The van der Waals surface area contributed by atoms with E-state index in [0.29, 0.717) is 5.56 Å². The summed E-state index contributed by atoms with van der Waals surface area (Å²) in [5.74, 6) is -2.36. The fourth-order valence-corrected chi connectivity index (χ4v) is 2.89. The summed E-state index contributed by atoms with van der Waals surface area (Å²) in [6.45, 7) is 2.76. The summed E-state index contributed by atoms with van der Waals surface area (Å²) >= 11 is 0. The monoisotopic (exact) mass is 367 g/mol. The fourth-order valence-electron chi connectivity index (χ4n) is 2.89. The van der Waals surface area contributed by atoms with Crippen molar-refractivity contribution in [3.8, 4) is 0 Å². The van der Waals surface area contributed by atoms with Crippen LogP contribution in [0.5, 0.6) is 0 Å². The molecule has 0 saturated heterocycles. The zero-order chi connectivity index (χ0) is 19.7. The van der Waals surface area contributed by atoms with Gasteiger partial charge >= 0.3 is 11.9 Å². The second-order valence-corrected chi connectivity index (χ2v) is 6.27. The number of anilines is 1.